The van der Waals surface area contributed by atoms with Crippen molar-refractivity contribution in [2.24, 2.45) is 0 Å². The van der Waals surface area contributed by atoms with Crippen molar-refractivity contribution < 1.29 is 5.11 Å². The van der Waals surface area contributed by atoms with Crippen LogP contribution in [0.15, 0.2) is 77.7 Å². The Morgan fingerprint density at radius 3 is 1.91 bits per heavy atom. The van der Waals surface area contributed by atoms with Gasteiger partial charge in [-0.15, -0.1) is 0 Å². The van der Waals surface area contributed by atoms with E-state index < -0.39 is 0 Å². The Morgan fingerprint density at radius 2 is 1.43 bits per heavy atom. The van der Waals surface area contributed by atoms with Gasteiger partial charge in [0.15, 0.2) is 5.75 Å². The van der Waals surface area contributed by atoms with E-state index in [1.165, 1.54) is 6.07 Å². The fourth-order valence-corrected chi connectivity index (χ4v) is 2.96. The molecule has 1 aromatic heterocycles. The summed E-state index contributed by atoms with van der Waals surface area (Å²) in [5.74, 6) is -0.160. The summed E-state index contributed by atoms with van der Waals surface area (Å²) in [5, 5.41) is 10.2. The van der Waals surface area contributed by atoms with E-state index in [4.69, 9.17) is 0 Å². The zero-order valence-corrected chi connectivity index (χ0v) is 13.0. The normalized spacial score (nSPS) is 10.9. The standard InChI is InChI=1S/C20H19NO2/c1-2-17-20(23)18(22)13-14-21(17)19(15-9-5-3-6-10-15)16-11-7-4-8-12-16/h3-14,19,23H,2H2,1H3. The van der Waals surface area contributed by atoms with Crippen molar-refractivity contribution in [3.8, 4) is 5.75 Å². The summed E-state index contributed by atoms with van der Waals surface area (Å²) < 4.78 is 1.99. The summed E-state index contributed by atoms with van der Waals surface area (Å²) in [6, 6.07) is 21.5. The maximum Gasteiger partial charge on any atom is 0.223 e. The van der Waals surface area contributed by atoms with E-state index in [9.17, 15) is 9.90 Å². The van der Waals surface area contributed by atoms with Gasteiger partial charge in [0.25, 0.3) is 0 Å². The van der Waals surface area contributed by atoms with Crippen LogP contribution in [0, 0.1) is 0 Å². The second-order valence-corrected chi connectivity index (χ2v) is 5.46. The molecule has 3 nitrogen and oxygen atoms in total. The summed E-state index contributed by atoms with van der Waals surface area (Å²) in [7, 11) is 0. The topological polar surface area (TPSA) is 42.2 Å². The number of hydrogen-bond donors (Lipinski definition) is 1. The van der Waals surface area contributed by atoms with Gasteiger partial charge in [-0.2, -0.15) is 0 Å². The van der Waals surface area contributed by atoms with E-state index in [0.717, 1.165) is 11.1 Å². The average molecular weight is 305 g/mol. The van der Waals surface area contributed by atoms with Crippen molar-refractivity contribution in [2.75, 3.05) is 0 Å². The lowest BCUT2D eigenvalue weighted by Crippen LogP contribution is -2.19. The molecule has 1 N–H and O–H groups in total. The number of benzene rings is 2. The Labute approximate surface area is 135 Å². The predicted molar refractivity (Wildman–Crippen MR) is 91.9 cm³/mol. The minimum absolute atomic E-state index is 0.0844. The van der Waals surface area contributed by atoms with Crippen LogP contribution in [0.2, 0.25) is 0 Å². The van der Waals surface area contributed by atoms with Crippen LogP contribution < -0.4 is 5.43 Å². The summed E-state index contributed by atoms with van der Waals surface area (Å²) >= 11 is 0. The minimum atomic E-state index is -0.335. The van der Waals surface area contributed by atoms with E-state index in [2.05, 4.69) is 24.3 Å². The molecule has 0 atom stereocenters. The summed E-state index contributed by atoms with van der Waals surface area (Å²) in [4.78, 5) is 11.8. The zero-order chi connectivity index (χ0) is 16.2. The summed E-state index contributed by atoms with van der Waals surface area (Å²) in [5.41, 5.74) is 2.53. The van der Waals surface area contributed by atoms with E-state index in [1.807, 2.05) is 47.9 Å². The highest BCUT2D eigenvalue weighted by Gasteiger charge is 2.19. The number of aromatic hydroxyl groups is 1. The number of pyridine rings is 1. The highest BCUT2D eigenvalue weighted by Crippen LogP contribution is 2.29. The van der Waals surface area contributed by atoms with Crippen molar-refractivity contribution in [3.63, 3.8) is 0 Å². The monoisotopic (exact) mass is 305 g/mol. The third kappa shape index (κ3) is 2.90. The number of aromatic nitrogens is 1. The maximum absolute atomic E-state index is 11.8. The van der Waals surface area contributed by atoms with Gasteiger partial charge in [0.1, 0.15) is 0 Å². The third-order valence-corrected chi connectivity index (χ3v) is 4.05. The summed E-state index contributed by atoms with van der Waals surface area (Å²) in [6.07, 6.45) is 2.35. The van der Waals surface area contributed by atoms with Crippen molar-refractivity contribution in [1.29, 1.82) is 0 Å². The molecule has 0 saturated heterocycles. The van der Waals surface area contributed by atoms with Crippen LogP contribution in [-0.4, -0.2) is 9.67 Å². The molecule has 0 aliphatic rings. The van der Waals surface area contributed by atoms with Crippen LogP contribution in [-0.2, 0) is 6.42 Å². The molecule has 0 unspecified atom stereocenters. The quantitative estimate of drug-likeness (QED) is 0.797. The smallest absolute Gasteiger partial charge is 0.223 e. The molecule has 0 amide bonds. The van der Waals surface area contributed by atoms with Gasteiger partial charge in [0, 0.05) is 12.3 Å². The van der Waals surface area contributed by atoms with Crippen molar-refractivity contribution in [1.82, 2.24) is 4.57 Å². The first kappa shape index (κ1) is 15.1. The lowest BCUT2D eigenvalue weighted by molar-refractivity contribution is 0.447. The molecule has 3 heteroatoms. The van der Waals surface area contributed by atoms with Crippen molar-refractivity contribution in [2.45, 2.75) is 19.4 Å². The average Bonchev–Trinajstić information content (AvgIpc) is 2.60. The van der Waals surface area contributed by atoms with Gasteiger partial charge in [-0.3, -0.25) is 4.79 Å². The van der Waals surface area contributed by atoms with Crippen LogP contribution in [0.1, 0.15) is 29.8 Å². The molecule has 0 aliphatic heterocycles. The molecule has 2 aromatic carbocycles. The van der Waals surface area contributed by atoms with E-state index in [1.54, 1.807) is 6.20 Å². The van der Waals surface area contributed by atoms with E-state index >= 15 is 0 Å². The highest BCUT2D eigenvalue weighted by atomic mass is 16.3. The lowest BCUT2D eigenvalue weighted by Gasteiger charge is -2.25. The number of nitrogens with zero attached hydrogens (tertiary/aromatic N) is 1. The molecule has 0 aliphatic carbocycles. The second-order valence-electron chi connectivity index (χ2n) is 5.46. The zero-order valence-electron chi connectivity index (χ0n) is 13.0. The van der Waals surface area contributed by atoms with Crippen LogP contribution in [0.3, 0.4) is 0 Å². The fraction of sp³-hybridized carbons (Fsp3) is 0.150. The predicted octanol–water partition coefficient (Wildman–Crippen LogP) is 3.75. The molecule has 3 rings (SSSR count). The molecular weight excluding hydrogens is 286 g/mol. The molecule has 0 fully saturated rings. The largest absolute Gasteiger partial charge is 0.503 e. The molecule has 0 bridgehead atoms. The first-order valence-corrected chi connectivity index (χ1v) is 7.75. The lowest BCUT2D eigenvalue weighted by atomic mass is 9.97. The second kappa shape index (κ2) is 6.53. The molecule has 1 heterocycles. The van der Waals surface area contributed by atoms with Crippen LogP contribution in [0.25, 0.3) is 0 Å². The van der Waals surface area contributed by atoms with Crippen molar-refractivity contribution in [3.05, 3.63) is 100.0 Å². The van der Waals surface area contributed by atoms with Gasteiger partial charge in [-0.1, -0.05) is 67.6 Å². The van der Waals surface area contributed by atoms with Gasteiger partial charge in [0.05, 0.1) is 11.7 Å². The third-order valence-electron chi connectivity index (χ3n) is 4.05. The first-order chi connectivity index (χ1) is 11.2. The number of hydrogen-bond acceptors (Lipinski definition) is 2. The SMILES string of the molecule is CCc1c(O)c(=O)ccn1C(c1ccccc1)c1ccccc1. The molecule has 3 aromatic rings. The first-order valence-electron chi connectivity index (χ1n) is 7.75. The fourth-order valence-electron chi connectivity index (χ4n) is 2.96. The molecule has 23 heavy (non-hydrogen) atoms. The molecule has 0 saturated carbocycles. The van der Waals surface area contributed by atoms with Gasteiger partial charge in [-0.05, 0) is 17.5 Å². The Hall–Kier alpha value is -2.81. The Morgan fingerprint density at radius 1 is 0.913 bits per heavy atom. The van der Waals surface area contributed by atoms with Gasteiger partial charge in [-0.25, -0.2) is 0 Å². The highest BCUT2D eigenvalue weighted by molar-refractivity contribution is 5.36. The Balaban J connectivity index is 2.25. The van der Waals surface area contributed by atoms with E-state index in [-0.39, 0.29) is 17.2 Å². The van der Waals surface area contributed by atoms with Gasteiger partial charge in [0.2, 0.25) is 5.43 Å². The Bertz CT molecular complexity index is 799. The maximum atomic E-state index is 11.8. The number of rotatable bonds is 4. The minimum Gasteiger partial charge on any atom is -0.503 e. The summed E-state index contributed by atoms with van der Waals surface area (Å²) in [6.45, 7) is 1.94. The van der Waals surface area contributed by atoms with Crippen LogP contribution in [0.5, 0.6) is 5.75 Å². The molecule has 116 valence electrons. The van der Waals surface area contributed by atoms with Crippen LogP contribution >= 0.6 is 0 Å². The van der Waals surface area contributed by atoms with E-state index in [0.29, 0.717) is 12.1 Å². The molecule has 0 radical (unpaired) electrons. The van der Waals surface area contributed by atoms with Gasteiger partial charge < -0.3 is 9.67 Å². The van der Waals surface area contributed by atoms with Crippen LogP contribution in [0.4, 0.5) is 0 Å². The van der Waals surface area contributed by atoms with Crippen molar-refractivity contribution >= 4 is 0 Å². The molecular formula is C20H19NO2. The molecule has 0 spiro atoms. The van der Waals surface area contributed by atoms with Gasteiger partial charge >= 0.3 is 0 Å². The Kier molecular flexibility index (Phi) is 4.29.